The van der Waals surface area contributed by atoms with Crippen molar-refractivity contribution in [3.8, 4) is 11.4 Å². The molecule has 5 heterocycles. The number of carbonyl (C=O) groups is 2. The molecular weight excluding hydrogens is 1010 g/mol. The van der Waals surface area contributed by atoms with Gasteiger partial charge in [0.15, 0.2) is 0 Å². The molecule has 354 valence electrons. The number of para-hydroxylation sites is 2. The maximum Gasteiger partial charge on any atom is 2.00 e. The van der Waals surface area contributed by atoms with E-state index in [2.05, 4.69) is 56.4 Å². The first-order valence-corrected chi connectivity index (χ1v) is 22.2. The van der Waals surface area contributed by atoms with Crippen LogP contribution in [0.5, 0.6) is 0 Å². The van der Waals surface area contributed by atoms with E-state index in [0.29, 0.717) is 11.8 Å². The number of aromatic carboxylic acids is 2. The van der Waals surface area contributed by atoms with Crippen molar-refractivity contribution in [2.24, 2.45) is 0 Å². The van der Waals surface area contributed by atoms with Crippen LogP contribution in [0.3, 0.4) is 0 Å². The Morgan fingerprint density at radius 1 is 0.884 bits per heavy atom. The first-order chi connectivity index (χ1) is 32.7. The number of thiophene rings is 1. The SMILES string of the molecule is CCCCCCc1ccc(/C=C/c2ccnc(/C([NH-])=C/C(=N)C(F)(F)F)c2)s1.O=C(O)c1ccnc(-c2cc(C(=O)O)cc(C3C=C(N(c4ccccc4)c4ccccc4)C=C[N-]3)n2)c1.[N-]=C=S.[Ru+2]. The predicted molar refractivity (Wildman–Crippen MR) is 267 cm³/mol. The first kappa shape index (κ1) is 54.4. The van der Waals surface area contributed by atoms with E-state index in [1.165, 1.54) is 78.4 Å². The number of nitrogens with zero attached hydrogens (tertiary/aromatic N) is 6. The number of isothiocyanates is 1. The largest absolute Gasteiger partial charge is 2.00 e. The summed E-state index contributed by atoms with van der Waals surface area (Å²) in [5.74, 6) is -2.25. The zero-order valence-electron chi connectivity index (χ0n) is 36.8. The van der Waals surface area contributed by atoms with Crippen LogP contribution in [0.15, 0.2) is 152 Å². The number of thiocarbonyl (C=S) groups is 1. The molecule has 69 heavy (non-hydrogen) atoms. The molecule has 0 spiro atoms. The van der Waals surface area contributed by atoms with Crippen LogP contribution < -0.4 is 4.90 Å². The number of pyridine rings is 3. The van der Waals surface area contributed by atoms with E-state index < -0.39 is 35.6 Å². The number of anilines is 2. The van der Waals surface area contributed by atoms with Gasteiger partial charge in [0.2, 0.25) is 0 Å². The van der Waals surface area contributed by atoms with Crippen LogP contribution >= 0.6 is 23.6 Å². The van der Waals surface area contributed by atoms with Crippen molar-refractivity contribution in [1.29, 1.82) is 5.41 Å². The van der Waals surface area contributed by atoms with Gasteiger partial charge in [-0.3, -0.25) is 20.4 Å². The molecule has 1 unspecified atom stereocenters. The van der Waals surface area contributed by atoms with Crippen molar-refractivity contribution in [2.45, 2.75) is 51.2 Å². The van der Waals surface area contributed by atoms with E-state index in [1.807, 2.05) is 85.0 Å². The summed E-state index contributed by atoms with van der Waals surface area (Å²) >= 11 is 5.43. The number of hydrogen-bond acceptors (Lipinski definition) is 9. The summed E-state index contributed by atoms with van der Waals surface area (Å²) in [7, 11) is 0. The summed E-state index contributed by atoms with van der Waals surface area (Å²) in [6, 6.07) is 32.2. The standard InChI is InChI=1S/C29H21N4O4.C21H23F3N3S.CNS.Ru/c34-28(35)19-11-13-30-24(15-19)26-16-20(29(36)37)17-27(32-26)25-18-23(12-14-31-25)33(21-7-3-1-4-8-21)22-9-5-2-6-10-22;1-2-3-4-5-6-16-9-10-17(28-16)8-7-15-11-12-27-19(13-15)18(25)14-20(26)21(22,23)24;2-1-3;/h1-18,25H,(H,34,35)(H,36,37);7-14,25-26H,2-6H2,1H3;;/q3*-1;+2/b;8-7+,18-14-,26-20?;;. The molecule has 0 radical (unpaired) electrons. The van der Waals surface area contributed by atoms with E-state index in [-0.39, 0.29) is 47.7 Å². The van der Waals surface area contributed by atoms with E-state index in [1.54, 1.807) is 23.6 Å². The van der Waals surface area contributed by atoms with Crippen LogP contribution in [0, 0.1) is 5.41 Å². The molecule has 0 aliphatic carbocycles. The number of carboxylic acid groups (broad SMARTS) is 2. The van der Waals surface area contributed by atoms with Gasteiger partial charge >= 0.3 is 37.6 Å². The summed E-state index contributed by atoms with van der Waals surface area (Å²) < 4.78 is 37.3. The third-order valence-corrected chi connectivity index (χ3v) is 10.9. The van der Waals surface area contributed by atoms with Crippen molar-refractivity contribution in [3.63, 3.8) is 0 Å². The van der Waals surface area contributed by atoms with Crippen LogP contribution in [0.2, 0.25) is 0 Å². The number of carboxylic acids is 2. The second-order valence-corrected chi connectivity index (χ2v) is 16.1. The molecule has 2 aromatic carbocycles. The Bertz CT molecular complexity index is 2810. The molecule has 0 amide bonds. The van der Waals surface area contributed by atoms with Crippen molar-refractivity contribution < 1.29 is 52.5 Å². The number of aryl methyl sites for hydroxylation is 1. The molecule has 6 aromatic rings. The molecule has 1 aliphatic heterocycles. The van der Waals surface area contributed by atoms with Gasteiger partial charge in [0.1, 0.15) is 5.71 Å². The molecule has 0 fully saturated rings. The smallest absolute Gasteiger partial charge is 0.753 e. The normalized spacial score (nSPS) is 13.0. The predicted octanol–water partition coefficient (Wildman–Crippen LogP) is 14.3. The van der Waals surface area contributed by atoms with Gasteiger partial charge in [-0.15, -0.1) is 17.0 Å². The van der Waals surface area contributed by atoms with E-state index in [9.17, 15) is 33.0 Å². The monoisotopic (exact) mass is 1060 g/mol. The second-order valence-electron chi connectivity index (χ2n) is 14.7. The van der Waals surface area contributed by atoms with Gasteiger partial charge in [-0.1, -0.05) is 99.1 Å². The van der Waals surface area contributed by atoms with Crippen LogP contribution in [0.25, 0.3) is 45.7 Å². The fourth-order valence-electron chi connectivity index (χ4n) is 6.57. The topological polar surface area (TPSA) is 201 Å². The molecule has 1 aliphatic rings. The number of allylic oxidation sites excluding steroid dienone is 2. The molecule has 4 N–H and O–H groups in total. The summed E-state index contributed by atoms with van der Waals surface area (Å²) in [4.78, 5) is 40.7. The van der Waals surface area contributed by atoms with Gasteiger partial charge in [0, 0.05) is 50.6 Å². The Labute approximate surface area is 419 Å². The molecular formula is C51H44F3N8O4RuS2-. The zero-order chi connectivity index (χ0) is 49.1. The van der Waals surface area contributed by atoms with Crippen molar-refractivity contribution in [3.05, 3.63) is 206 Å². The number of aromatic nitrogens is 3. The molecule has 0 bridgehead atoms. The minimum Gasteiger partial charge on any atom is -0.753 e. The molecule has 7 rings (SSSR count). The van der Waals surface area contributed by atoms with E-state index >= 15 is 0 Å². The van der Waals surface area contributed by atoms with Crippen LogP contribution in [0.1, 0.15) is 86.1 Å². The summed E-state index contributed by atoms with van der Waals surface area (Å²) in [6.45, 7) is 2.19. The summed E-state index contributed by atoms with van der Waals surface area (Å²) in [6.07, 6.45) is 13.8. The molecule has 0 saturated carbocycles. The van der Waals surface area contributed by atoms with Crippen LogP contribution in [0.4, 0.5) is 24.5 Å². The summed E-state index contributed by atoms with van der Waals surface area (Å²) in [5, 5.41) is 39.1. The maximum absolute atomic E-state index is 12.4. The fraction of sp³-hybridized carbons (Fsp3) is 0.157. The Morgan fingerprint density at radius 2 is 1.52 bits per heavy atom. The molecule has 4 aromatic heterocycles. The third-order valence-electron chi connectivity index (χ3n) is 9.83. The Morgan fingerprint density at radius 3 is 2.14 bits per heavy atom. The third kappa shape index (κ3) is 16.5. The quantitative estimate of drug-likeness (QED) is 0.0365. The van der Waals surface area contributed by atoms with Gasteiger partial charge in [-0.2, -0.15) is 24.5 Å². The molecule has 12 nitrogen and oxygen atoms in total. The van der Waals surface area contributed by atoms with Gasteiger partial charge in [-0.25, -0.2) is 9.59 Å². The van der Waals surface area contributed by atoms with Gasteiger partial charge < -0.3 is 31.6 Å². The number of alkyl halides is 3. The van der Waals surface area contributed by atoms with Crippen LogP contribution in [-0.2, 0) is 25.9 Å². The number of hydrogen-bond donors (Lipinski definition) is 3. The van der Waals surface area contributed by atoms with Crippen molar-refractivity contribution in [2.75, 3.05) is 4.90 Å². The first-order valence-electron chi connectivity index (χ1n) is 21.0. The Hall–Kier alpha value is -7.23. The number of nitrogens with one attached hydrogen (secondary N) is 2. The number of benzene rings is 2. The van der Waals surface area contributed by atoms with E-state index in [0.717, 1.165) is 33.9 Å². The average molecular weight is 1060 g/mol. The number of unbranched alkanes of at least 4 members (excludes halogenated alkanes) is 3. The average Bonchev–Trinajstić information content (AvgIpc) is 3.81. The molecule has 0 saturated heterocycles. The summed E-state index contributed by atoms with van der Waals surface area (Å²) in [5.41, 5.74) is 10.3. The minimum absolute atomic E-state index is 0. The van der Waals surface area contributed by atoms with Crippen molar-refractivity contribution >= 4 is 75.6 Å². The number of halogens is 3. The van der Waals surface area contributed by atoms with Gasteiger partial charge in [0.25, 0.3) is 0 Å². The Balaban J connectivity index is 0.000000291. The maximum atomic E-state index is 12.4. The fourth-order valence-corrected chi connectivity index (χ4v) is 7.52. The second kappa shape index (κ2) is 26.9. The Kier molecular flexibility index (Phi) is 21.2. The molecule has 18 heteroatoms. The number of rotatable bonds is 16. The van der Waals surface area contributed by atoms with Gasteiger partial charge in [-0.05, 0) is 103 Å². The van der Waals surface area contributed by atoms with Crippen LogP contribution in [-0.4, -0.2) is 54.2 Å². The van der Waals surface area contributed by atoms with Gasteiger partial charge in [0.05, 0.1) is 22.5 Å². The zero-order valence-corrected chi connectivity index (χ0v) is 40.2. The van der Waals surface area contributed by atoms with Crippen molar-refractivity contribution in [1.82, 2.24) is 15.0 Å². The minimum atomic E-state index is -4.77. The molecule has 1 atom stereocenters. The van der Waals surface area contributed by atoms with E-state index in [4.69, 9.17) is 16.6 Å².